The topological polar surface area (TPSA) is 65.9 Å². The molecule has 1 rings (SSSR count). The summed E-state index contributed by atoms with van der Waals surface area (Å²) in [4.78, 5) is 18.1. The van der Waals surface area contributed by atoms with Gasteiger partial charge in [0.25, 0.3) is 0 Å². The number of aryl methyl sites for hydroxylation is 2. The Morgan fingerprint density at radius 1 is 1.42 bits per heavy atom. The van der Waals surface area contributed by atoms with Gasteiger partial charge in [-0.15, -0.1) is 0 Å². The second-order valence-electron chi connectivity index (χ2n) is 2.62. The molecule has 0 saturated carbocycles. The van der Waals surface area contributed by atoms with Crippen LogP contribution in [0.3, 0.4) is 0 Å². The summed E-state index contributed by atoms with van der Waals surface area (Å²) in [5, 5.41) is 10.2. The standard InChI is InChI=1S/C8H10N2O2/c1-5-3-6(2)10-7(9-5)4-8(11)12/h3H,4H2,1-2H3,(H,11,12)/p-1. The molecule has 1 heterocycles. The Kier molecular flexibility index (Phi) is 2.38. The van der Waals surface area contributed by atoms with Gasteiger partial charge in [0.15, 0.2) is 0 Å². The number of carbonyl (C=O) groups excluding carboxylic acids is 1. The van der Waals surface area contributed by atoms with Crippen LogP contribution in [0, 0.1) is 13.8 Å². The maximum atomic E-state index is 10.2. The molecule has 0 saturated heterocycles. The number of hydrogen-bond acceptors (Lipinski definition) is 4. The van der Waals surface area contributed by atoms with Crippen LogP contribution in [0.2, 0.25) is 0 Å². The van der Waals surface area contributed by atoms with Crippen molar-refractivity contribution < 1.29 is 9.90 Å². The number of carboxylic acid groups (broad SMARTS) is 1. The van der Waals surface area contributed by atoms with E-state index < -0.39 is 5.97 Å². The number of aliphatic carboxylic acids is 1. The summed E-state index contributed by atoms with van der Waals surface area (Å²) >= 11 is 0. The molecular weight excluding hydrogens is 156 g/mol. The van der Waals surface area contributed by atoms with E-state index >= 15 is 0 Å². The Labute approximate surface area is 70.3 Å². The van der Waals surface area contributed by atoms with Crippen LogP contribution < -0.4 is 5.11 Å². The van der Waals surface area contributed by atoms with Crippen molar-refractivity contribution in [3.8, 4) is 0 Å². The van der Waals surface area contributed by atoms with E-state index in [-0.39, 0.29) is 6.42 Å². The smallest absolute Gasteiger partial charge is 0.134 e. The van der Waals surface area contributed by atoms with Crippen molar-refractivity contribution in [2.75, 3.05) is 0 Å². The van der Waals surface area contributed by atoms with Gasteiger partial charge in [-0.25, -0.2) is 9.97 Å². The zero-order valence-corrected chi connectivity index (χ0v) is 7.00. The van der Waals surface area contributed by atoms with Crippen molar-refractivity contribution in [3.05, 3.63) is 23.3 Å². The van der Waals surface area contributed by atoms with Crippen LogP contribution in [0.5, 0.6) is 0 Å². The van der Waals surface area contributed by atoms with E-state index in [9.17, 15) is 9.90 Å². The van der Waals surface area contributed by atoms with Crippen molar-refractivity contribution >= 4 is 5.97 Å². The van der Waals surface area contributed by atoms with Crippen LogP contribution in [-0.4, -0.2) is 15.9 Å². The van der Waals surface area contributed by atoms with Crippen LogP contribution in [0.4, 0.5) is 0 Å². The maximum absolute atomic E-state index is 10.2. The number of rotatable bonds is 2. The molecule has 0 aliphatic heterocycles. The lowest BCUT2D eigenvalue weighted by atomic mass is 10.3. The first-order valence-corrected chi connectivity index (χ1v) is 3.59. The summed E-state index contributed by atoms with van der Waals surface area (Å²) in [5.74, 6) is -0.840. The van der Waals surface area contributed by atoms with Crippen LogP contribution in [0.1, 0.15) is 17.2 Å². The molecule has 1 aromatic rings. The molecule has 0 radical (unpaired) electrons. The van der Waals surface area contributed by atoms with E-state index in [1.54, 1.807) is 19.9 Å². The zero-order valence-electron chi connectivity index (χ0n) is 7.00. The molecule has 1 aromatic heterocycles. The van der Waals surface area contributed by atoms with Crippen molar-refractivity contribution in [2.24, 2.45) is 0 Å². The minimum absolute atomic E-state index is 0.220. The highest BCUT2D eigenvalue weighted by molar-refractivity contribution is 5.66. The van der Waals surface area contributed by atoms with Gasteiger partial charge in [0.05, 0.1) is 0 Å². The number of hydrogen-bond donors (Lipinski definition) is 0. The molecule has 0 fully saturated rings. The highest BCUT2D eigenvalue weighted by Crippen LogP contribution is 1.99. The first-order chi connectivity index (χ1) is 5.58. The Balaban J connectivity index is 2.93. The second kappa shape index (κ2) is 3.30. The number of carbonyl (C=O) groups is 1. The lowest BCUT2D eigenvalue weighted by molar-refractivity contribution is -0.304. The van der Waals surface area contributed by atoms with E-state index in [4.69, 9.17) is 0 Å². The highest BCUT2D eigenvalue weighted by atomic mass is 16.4. The molecule has 0 aliphatic rings. The molecule has 4 nitrogen and oxygen atoms in total. The van der Waals surface area contributed by atoms with Gasteiger partial charge in [-0.3, -0.25) is 0 Å². The van der Waals surface area contributed by atoms with Gasteiger partial charge >= 0.3 is 0 Å². The Morgan fingerprint density at radius 3 is 2.33 bits per heavy atom. The van der Waals surface area contributed by atoms with Crippen molar-refractivity contribution in [1.29, 1.82) is 0 Å². The van der Waals surface area contributed by atoms with Crippen molar-refractivity contribution in [3.63, 3.8) is 0 Å². The largest absolute Gasteiger partial charge is 0.550 e. The van der Waals surface area contributed by atoms with Crippen LogP contribution in [-0.2, 0) is 11.2 Å². The quantitative estimate of drug-likeness (QED) is 0.586. The SMILES string of the molecule is Cc1cc(C)nc(CC(=O)[O-])n1. The number of nitrogens with zero attached hydrogens (tertiary/aromatic N) is 2. The molecule has 0 spiro atoms. The third-order valence-corrected chi connectivity index (χ3v) is 1.33. The van der Waals surface area contributed by atoms with E-state index in [2.05, 4.69) is 9.97 Å². The normalized spacial score (nSPS) is 9.83. The van der Waals surface area contributed by atoms with Gasteiger partial charge in [-0.1, -0.05) is 0 Å². The summed E-state index contributed by atoms with van der Waals surface area (Å²) in [6.07, 6.45) is -0.220. The Bertz CT molecular complexity index is 290. The molecule has 0 aliphatic carbocycles. The Hall–Kier alpha value is -1.45. The molecule has 64 valence electrons. The average molecular weight is 165 g/mol. The van der Waals surface area contributed by atoms with Gasteiger partial charge in [0.2, 0.25) is 0 Å². The first-order valence-electron chi connectivity index (χ1n) is 3.59. The van der Waals surface area contributed by atoms with Gasteiger partial charge < -0.3 is 9.90 Å². The third-order valence-electron chi connectivity index (χ3n) is 1.33. The van der Waals surface area contributed by atoms with Crippen molar-refractivity contribution in [2.45, 2.75) is 20.3 Å². The Morgan fingerprint density at radius 2 is 1.92 bits per heavy atom. The maximum Gasteiger partial charge on any atom is 0.134 e. The van der Waals surface area contributed by atoms with Gasteiger partial charge in [0, 0.05) is 23.8 Å². The lowest BCUT2D eigenvalue weighted by Crippen LogP contribution is -2.25. The van der Waals surface area contributed by atoms with Gasteiger partial charge in [-0.05, 0) is 19.9 Å². The van der Waals surface area contributed by atoms with Crippen LogP contribution in [0.25, 0.3) is 0 Å². The van der Waals surface area contributed by atoms with Crippen LogP contribution >= 0.6 is 0 Å². The first kappa shape index (κ1) is 8.64. The molecule has 0 unspecified atom stereocenters. The van der Waals surface area contributed by atoms with Crippen molar-refractivity contribution in [1.82, 2.24) is 9.97 Å². The molecule has 0 aromatic carbocycles. The van der Waals surface area contributed by atoms with Crippen LogP contribution in [0.15, 0.2) is 6.07 Å². The van der Waals surface area contributed by atoms with E-state index in [1.165, 1.54) is 0 Å². The number of aromatic nitrogens is 2. The summed E-state index contributed by atoms with van der Waals surface area (Å²) < 4.78 is 0. The minimum Gasteiger partial charge on any atom is -0.550 e. The summed E-state index contributed by atoms with van der Waals surface area (Å²) in [7, 11) is 0. The highest BCUT2D eigenvalue weighted by Gasteiger charge is 1.98. The molecule has 0 atom stereocenters. The van der Waals surface area contributed by atoms with Gasteiger partial charge in [0.1, 0.15) is 5.82 Å². The third kappa shape index (κ3) is 2.30. The lowest BCUT2D eigenvalue weighted by Gasteiger charge is -2.02. The fraction of sp³-hybridized carbons (Fsp3) is 0.375. The van der Waals surface area contributed by atoms with Gasteiger partial charge in [-0.2, -0.15) is 0 Å². The zero-order chi connectivity index (χ0) is 9.14. The molecule has 0 bridgehead atoms. The molecular formula is C8H9N2O2-. The summed E-state index contributed by atoms with van der Waals surface area (Å²) in [6, 6.07) is 1.79. The average Bonchev–Trinajstić information content (AvgIpc) is 1.81. The fourth-order valence-electron chi connectivity index (χ4n) is 1.01. The van der Waals surface area contributed by atoms with E-state index in [0.29, 0.717) is 5.82 Å². The van der Waals surface area contributed by atoms with E-state index in [1.807, 2.05) is 0 Å². The predicted octanol–water partition coefficient (Wildman–Crippen LogP) is -0.614. The molecule has 0 N–H and O–H groups in total. The summed E-state index contributed by atoms with van der Waals surface area (Å²) in [6.45, 7) is 3.60. The number of carboxylic acids is 1. The molecule has 4 heteroatoms. The fourth-order valence-corrected chi connectivity index (χ4v) is 1.01. The molecule has 0 amide bonds. The monoisotopic (exact) mass is 165 g/mol. The van der Waals surface area contributed by atoms with E-state index in [0.717, 1.165) is 11.4 Å². The minimum atomic E-state index is -1.15. The molecule has 12 heavy (non-hydrogen) atoms. The second-order valence-corrected chi connectivity index (χ2v) is 2.62. The predicted molar refractivity (Wildman–Crippen MR) is 40.2 cm³/mol. The summed E-state index contributed by atoms with van der Waals surface area (Å²) in [5.41, 5.74) is 1.55.